The maximum atomic E-state index is 11.4. The molecule has 1 fully saturated rings. The van der Waals surface area contributed by atoms with Crippen LogP contribution >= 0.6 is 12.4 Å². The van der Waals surface area contributed by atoms with Crippen LogP contribution < -0.4 is 5.32 Å². The van der Waals surface area contributed by atoms with Crippen molar-refractivity contribution in [2.24, 2.45) is 5.92 Å². The monoisotopic (exact) mass is 221 g/mol. The van der Waals surface area contributed by atoms with Gasteiger partial charge in [-0.3, -0.25) is 4.79 Å². The molecule has 84 valence electrons. The third-order valence-electron chi connectivity index (χ3n) is 2.53. The quantitative estimate of drug-likeness (QED) is 0.581. The zero-order chi connectivity index (χ0) is 9.52. The number of halogens is 1. The van der Waals surface area contributed by atoms with Crippen LogP contribution in [0, 0.1) is 5.92 Å². The summed E-state index contributed by atoms with van der Waals surface area (Å²) in [7, 11) is 1.86. The fourth-order valence-corrected chi connectivity index (χ4v) is 1.71. The maximum absolute atomic E-state index is 11.4. The number of likely N-dealkylation sites (N-methyl/N-ethyl adjacent to an activating group) is 1. The summed E-state index contributed by atoms with van der Waals surface area (Å²) in [5.74, 6) is 0.195. The molecule has 1 saturated carbocycles. The smallest absolute Gasteiger partial charge is 0.308 e. The van der Waals surface area contributed by atoms with E-state index in [1.54, 1.807) is 0 Å². The molecule has 1 N–H and O–H groups in total. The Morgan fingerprint density at radius 2 is 2.00 bits per heavy atom. The van der Waals surface area contributed by atoms with Gasteiger partial charge >= 0.3 is 5.97 Å². The highest BCUT2D eigenvalue weighted by Crippen LogP contribution is 2.24. The summed E-state index contributed by atoms with van der Waals surface area (Å²) in [5.41, 5.74) is 0. The van der Waals surface area contributed by atoms with E-state index < -0.39 is 0 Å². The molecular formula is C10H20ClNO2. The van der Waals surface area contributed by atoms with Crippen LogP contribution in [0.2, 0.25) is 0 Å². The van der Waals surface area contributed by atoms with Crippen molar-refractivity contribution in [2.75, 3.05) is 20.2 Å². The van der Waals surface area contributed by atoms with Crippen LogP contribution in [0.25, 0.3) is 0 Å². The summed E-state index contributed by atoms with van der Waals surface area (Å²) in [4.78, 5) is 11.4. The zero-order valence-electron chi connectivity index (χ0n) is 8.75. The molecule has 0 spiro atoms. The highest BCUT2D eigenvalue weighted by atomic mass is 35.5. The number of nitrogens with one attached hydrogen (secondary N) is 1. The predicted molar refractivity (Wildman–Crippen MR) is 58.7 cm³/mol. The molecule has 0 heterocycles. The van der Waals surface area contributed by atoms with Gasteiger partial charge in [-0.15, -0.1) is 12.4 Å². The number of ether oxygens (including phenoxy) is 1. The Kier molecular flexibility index (Phi) is 7.90. The minimum absolute atomic E-state index is 0. The molecule has 14 heavy (non-hydrogen) atoms. The fourth-order valence-electron chi connectivity index (χ4n) is 1.71. The molecule has 4 heteroatoms. The molecular weight excluding hydrogens is 202 g/mol. The van der Waals surface area contributed by atoms with E-state index in [4.69, 9.17) is 4.74 Å². The van der Waals surface area contributed by atoms with Crippen LogP contribution in [0.4, 0.5) is 0 Å². The molecule has 0 unspecified atom stereocenters. The molecule has 3 nitrogen and oxygen atoms in total. The third kappa shape index (κ3) is 4.82. The van der Waals surface area contributed by atoms with Crippen molar-refractivity contribution >= 4 is 18.4 Å². The Morgan fingerprint density at radius 3 is 2.57 bits per heavy atom. The first kappa shape index (κ1) is 13.7. The van der Waals surface area contributed by atoms with Gasteiger partial charge in [-0.2, -0.15) is 0 Å². The van der Waals surface area contributed by atoms with Crippen LogP contribution in [0.1, 0.15) is 32.1 Å². The average Bonchev–Trinajstić information content (AvgIpc) is 2.19. The largest absolute Gasteiger partial charge is 0.464 e. The Morgan fingerprint density at radius 1 is 1.36 bits per heavy atom. The summed E-state index contributed by atoms with van der Waals surface area (Å²) in [6, 6.07) is 0. The van der Waals surface area contributed by atoms with Gasteiger partial charge in [-0.1, -0.05) is 19.3 Å². The van der Waals surface area contributed by atoms with E-state index in [0.29, 0.717) is 6.61 Å². The second-order valence-corrected chi connectivity index (χ2v) is 3.61. The van der Waals surface area contributed by atoms with Crippen LogP contribution in [0.15, 0.2) is 0 Å². The lowest BCUT2D eigenvalue weighted by Gasteiger charge is -2.19. The SMILES string of the molecule is CNCCOC(=O)C1CCCCC1.Cl. The van der Waals surface area contributed by atoms with Crippen molar-refractivity contribution in [1.29, 1.82) is 0 Å². The Bertz CT molecular complexity index is 158. The molecule has 0 aliphatic heterocycles. The normalized spacial score (nSPS) is 17.2. The Balaban J connectivity index is 0.00000169. The number of rotatable bonds is 4. The molecule has 0 aromatic carbocycles. The minimum Gasteiger partial charge on any atom is -0.464 e. The summed E-state index contributed by atoms with van der Waals surface area (Å²) in [5, 5.41) is 2.95. The van der Waals surface area contributed by atoms with E-state index in [1.807, 2.05) is 7.05 Å². The summed E-state index contributed by atoms with van der Waals surface area (Å²) in [6.45, 7) is 1.25. The number of hydrogen-bond acceptors (Lipinski definition) is 3. The molecule has 1 aliphatic rings. The third-order valence-corrected chi connectivity index (χ3v) is 2.53. The van der Waals surface area contributed by atoms with E-state index in [9.17, 15) is 4.79 Å². The van der Waals surface area contributed by atoms with Crippen molar-refractivity contribution in [3.8, 4) is 0 Å². The summed E-state index contributed by atoms with van der Waals surface area (Å²) in [6.07, 6.45) is 5.70. The van der Waals surface area contributed by atoms with Gasteiger partial charge in [0.1, 0.15) is 6.61 Å². The summed E-state index contributed by atoms with van der Waals surface area (Å²) >= 11 is 0. The lowest BCUT2D eigenvalue weighted by molar-refractivity contribution is -0.149. The van der Waals surface area contributed by atoms with Gasteiger partial charge in [-0.05, 0) is 19.9 Å². The van der Waals surface area contributed by atoms with Crippen LogP contribution in [-0.4, -0.2) is 26.2 Å². The zero-order valence-corrected chi connectivity index (χ0v) is 9.57. The van der Waals surface area contributed by atoms with Crippen LogP contribution in [-0.2, 0) is 9.53 Å². The Hall–Kier alpha value is -0.280. The van der Waals surface area contributed by atoms with Crippen LogP contribution in [0.3, 0.4) is 0 Å². The molecule has 1 rings (SSSR count). The molecule has 1 aliphatic carbocycles. The van der Waals surface area contributed by atoms with E-state index in [2.05, 4.69) is 5.32 Å². The van der Waals surface area contributed by atoms with Crippen LogP contribution in [0.5, 0.6) is 0 Å². The number of carbonyl (C=O) groups excluding carboxylic acids is 1. The highest BCUT2D eigenvalue weighted by molar-refractivity contribution is 5.85. The number of carbonyl (C=O) groups is 1. The maximum Gasteiger partial charge on any atom is 0.308 e. The molecule has 0 saturated heterocycles. The van der Waals surface area contributed by atoms with Gasteiger partial charge in [0.25, 0.3) is 0 Å². The first-order valence-electron chi connectivity index (χ1n) is 5.16. The average molecular weight is 222 g/mol. The highest BCUT2D eigenvalue weighted by Gasteiger charge is 2.21. The first-order chi connectivity index (χ1) is 6.34. The van der Waals surface area contributed by atoms with Crippen molar-refractivity contribution < 1.29 is 9.53 Å². The van der Waals surface area contributed by atoms with Gasteiger partial charge in [0.15, 0.2) is 0 Å². The molecule has 0 aromatic rings. The fraction of sp³-hybridized carbons (Fsp3) is 0.900. The van der Waals surface area contributed by atoms with E-state index in [0.717, 1.165) is 19.4 Å². The second kappa shape index (κ2) is 8.06. The van der Waals surface area contributed by atoms with E-state index in [-0.39, 0.29) is 24.3 Å². The molecule has 0 amide bonds. The lowest BCUT2D eigenvalue weighted by atomic mass is 9.89. The lowest BCUT2D eigenvalue weighted by Crippen LogP contribution is -2.24. The molecule has 0 aromatic heterocycles. The summed E-state index contributed by atoms with van der Waals surface area (Å²) < 4.78 is 5.12. The standard InChI is InChI=1S/C10H19NO2.ClH/c1-11-7-8-13-10(12)9-5-3-2-4-6-9;/h9,11H,2-8H2,1H3;1H. The molecule has 0 radical (unpaired) electrons. The van der Waals surface area contributed by atoms with Crippen molar-refractivity contribution in [3.63, 3.8) is 0 Å². The van der Waals surface area contributed by atoms with Gasteiger partial charge in [-0.25, -0.2) is 0 Å². The minimum atomic E-state index is 0. The first-order valence-corrected chi connectivity index (χ1v) is 5.16. The number of hydrogen-bond donors (Lipinski definition) is 1. The van der Waals surface area contributed by atoms with Crippen molar-refractivity contribution in [3.05, 3.63) is 0 Å². The van der Waals surface area contributed by atoms with Gasteiger partial charge < -0.3 is 10.1 Å². The second-order valence-electron chi connectivity index (χ2n) is 3.61. The van der Waals surface area contributed by atoms with Gasteiger partial charge in [0.2, 0.25) is 0 Å². The molecule has 0 atom stereocenters. The van der Waals surface area contributed by atoms with E-state index >= 15 is 0 Å². The topological polar surface area (TPSA) is 38.3 Å². The van der Waals surface area contributed by atoms with Crippen molar-refractivity contribution in [1.82, 2.24) is 5.32 Å². The van der Waals surface area contributed by atoms with Gasteiger partial charge in [0.05, 0.1) is 5.92 Å². The number of esters is 1. The predicted octanol–water partition coefficient (Wildman–Crippen LogP) is 1.75. The van der Waals surface area contributed by atoms with Gasteiger partial charge in [0, 0.05) is 6.54 Å². The van der Waals surface area contributed by atoms with Crippen molar-refractivity contribution in [2.45, 2.75) is 32.1 Å². The Labute approximate surface area is 92.0 Å². The van der Waals surface area contributed by atoms with E-state index in [1.165, 1.54) is 19.3 Å². The molecule has 0 bridgehead atoms.